The summed E-state index contributed by atoms with van der Waals surface area (Å²) in [5.74, 6) is 0.817. The van der Waals surface area contributed by atoms with E-state index in [1.807, 2.05) is 25.1 Å². The highest BCUT2D eigenvalue weighted by atomic mass is 19.1. The second-order valence-electron chi connectivity index (χ2n) is 7.66. The minimum Gasteiger partial charge on any atom is -0.491 e. The van der Waals surface area contributed by atoms with Crippen molar-refractivity contribution in [2.45, 2.75) is 51.9 Å². The van der Waals surface area contributed by atoms with Crippen molar-refractivity contribution in [1.82, 2.24) is 0 Å². The van der Waals surface area contributed by atoms with Gasteiger partial charge in [-0.25, -0.2) is 8.78 Å². The lowest BCUT2D eigenvalue weighted by molar-refractivity contribution is 0.315. The third-order valence-electron chi connectivity index (χ3n) is 6.22. The number of hydrogen-bond acceptors (Lipinski definition) is 1. The first-order valence-electron chi connectivity index (χ1n) is 10.1. The zero-order valence-corrected chi connectivity index (χ0v) is 16.0. The topological polar surface area (TPSA) is 9.23 Å². The quantitative estimate of drug-likeness (QED) is 0.430. The highest BCUT2D eigenvalue weighted by Gasteiger charge is 2.24. The van der Waals surface area contributed by atoms with Gasteiger partial charge in [-0.05, 0) is 72.9 Å². The van der Waals surface area contributed by atoms with Crippen molar-refractivity contribution in [2.24, 2.45) is 5.92 Å². The fourth-order valence-electron chi connectivity index (χ4n) is 4.61. The van der Waals surface area contributed by atoms with Crippen LogP contribution in [0.5, 0.6) is 5.75 Å². The van der Waals surface area contributed by atoms with Gasteiger partial charge in [0.25, 0.3) is 0 Å². The molecule has 1 aliphatic rings. The van der Waals surface area contributed by atoms with Crippen molar-refractivity contribution in [3.63, 3.8) is 0 Å². The lowest BCUT2D eigenvalue weighted by Gasteiger charge is -2.28. The van der Waals surface area contributed by atoms with Crippen LogP contribution in [0.4, 0.5) is 8.78 Å². The SMILES string of the molecule is CCOc1ccc2c(ccc3c(F)c(C4CCC(CC)CC4)ccc32)c1F.[HH]. The summed E-state index contributed by atoms with van der Waals surface area (Å²) in [6, 6.07) is 10.7. The Morgan fingerprint density at radius 2 is 1.41 bits per heavy atom. The van der Waals surface area contributed by atoms with E-state index in [2.05, 4.69) is 6.92 Å². The summed E-state index contributed by atoms with van der Waals surface area (Å²) in [7, 11) is 0. The van der Waals surface area contributed by atoms with Crippen LogP contribution in [0.3, 0.4) is 0 Å². The minimum atomic E-state index is -0.376. The zero-order chi connectivity index (χ0) is 19.0. The van der Waals surface area contributed by atoms with Gasteiger partial charge in [0, 0.05) is 12.2 Å². The first-order chi connectivity index (χ1) is 13.1. The Morgan fingerprint density at radius 3 is 2.04 bits per heavy atom. The van der Waals surface area contributed by atoms with Crippen LogP contribution >= 0.6 is 0 Å². The van der Waals surface area contributed by atoms with Crippen molar-refractivity contribution in [2.75, 3.05) is 6.61 Å². The van der Waals surface area contributed by atoms with Crippen LogP contribution in [0.1, 0.15) is 58.9 Å². The number of halogens is 2. The van der Waals surface area contributed by atoms with Crippen LogP contribution in [-0.4, -0.2) is 6.61 Å². The third kappa shape index (κ3) is 3.18. The Hall–Kier alpha value is -2.16. The van der Waals surface area contributed by atoms with Crippen LogP contribution in [0.15, 0.2) is 36.4 Å². The van der Waals surface area contributed by atoms with E-state index in [9.17, 15) is 4.39 Å². The summed E-state index contributed by atoms with van der Waals surface area (Å²) in [5.41, 5.74) is 0.822. The van der Waals surface area contributed by atoms with E-state index in [0.717, 1.165) is 35.1 Å². The molecule has 0 saturated heterocycles. The van der Waals surface area contributed by atoms with Crippen LogP contribution in [0, 0.1) is 17.6 Å². The summed E-state index contributed by atoms with van der Waals surface area (Å²) >= 11 is 0. The van der Waals surface area contributed by atoms with Gasteiger partial charge in [-0.15, -0.1) is 0 Å². The monoisotopic (exact) mass is 370 g/mol. The first-order valence-corrected chi connectivity index (χ1v) is 10.1. The van der Waals surface area contributed by atoms with E-state index in [-0.39, 0.29) is 18.8 Å². The molecule has 1 nitrogen and oxygen atoms in total. The Labute approximate surface area is 160 Å². The maximum Gasteiger partial charge on any atom is 0.172 e. The molecule has 0 aromatic heterocycles. The number of benzene rings is 3. The van der Waals surface area contributed by atoms with Crippen LogP contribution in [0.25, 0.3) is 21.5 Å². The highest BCUT2D eigenvalue weighted by molar-refractivity contribution is 6.08. The van der Waals surface area contributed by atoms with Gasteiger partial charge in [-0.1, -0.05) is 37.6 Å². The summed E-state index contributed by atoms with van der Waals surface area (Å²) in [5, 5.41) is 2.55. The van der Waals surface area contributed by atoms with Gasteiger partial charge < -0.3 is 4.74 Å². The van der Waals surface area contributed by atoms with E-state index in [1.165, 1.54) is 19.3 Å². The zero-order valence-electron chi connectivity index (χ0n) is 16.0. The maximum absolute atomic E-state index is 15.3. The summed E-state index contributed by atoms with van der Waals surface area (Å²) < 4.78 is 35.4. The lowest BCUT2D eigenvalue weighted by atomic mass is 9.77. The Kier molecular flexibility index (Phi) is 5.03. The molecule has 0 N–H and O–H groups in total. The number of ether oxygens (including phenoxy) is 1. The molecule has 27 heavy (non-hydrogen) atoms. The van der Waals surface area contributed by atoms with E-state index < -0.39 is 0 Å². The Balaban J connectivity index is 0.00000225. The normalized spacial score (nSPS) is 20.3. The van der Waals surface area contributed by atoms with Gasteiger partial charge in [-0.2, -0.15) is 0 Å². The van der Waals surface area contributed by atoms with Gasteiger partial charge in [0.15, 0.2) is 11.6 Å². The molecule has 0 bridgehead atoms. The largest absolute Gasteiger partial charge is 0.491 e. The van der Waals surface area contributed by atoms with Crippen molar-refractivity contribution in [1.29, 1.82) is 0 Å². The minimum absolute atomic E-state index is 0. The number of fused-ring (bicyclic) bond motifs is 3. The molecular formula is C24H28F2O. The van der Waals surface area contributed by atoms with E-state index in [4.69, 9.17) is 4.74 Å². The molecule has 3 heteroatoms. The predicted molar refractivity (Wildman–Crippen MR) is 110 cm³/mol. The number of hydrogen-bond donors (Lipinski definition) is 0. The van der Waals surface area contributed by atoms with Crippen molar-refractivity contribution < 1.29 is 14.9 Å². The molecule has 0 radical (unpaired) electrons. The smallest absolute Gasteiger partial charge is 0.172 e. The number of rotatable bonds is 4. The molecule has 144 valence electrons. The van der Waals surface area contributed by atoms with Gasteiger partial charge in [0.05, 0.1) is 6.61 Å². The van der Waals surface area contributed by atoms with Gasteiger partial charge in [0.2, 0.25) is 0 Å². The van der Waals surface area contributed by atoms with Crippen molar-refractivity contribution >= 4 is 21.5 Å². The fourth-order valence-corrected chi connectivity index (χ4v) is 4.61. The van der Waals surface area contributed by atoms with Crippen LogP contribution in [-0.2, 0) is 0 Å². The molecule has 0 atom stereocenters. The molecule has 1 saturated carbocycles. The molecule has 3 aromatic carbocycles. The second kappa shape index (κ2) is 7.46. The molecule has 0 aliphatic heterocycles. The molecule has 0 unspecified atom stereocenters. The van der Waals surface area contributed by atoms with Crippen LogP contribution in [0.2, 0.25) is 0 Å². The third-order valence-corrected chi connectivity index (χ3v) is 6.22. The highest BCUT2D eigenvalue weighted by Crippen LogP contribution is 2.40. The van der Waals surface area contributed by atoms with E-state index >= 15 is 4.39 Å². The Bertz CT molecular complexity index is 977. The molecule has 4 rings (SSSR count). The lowest BCUT2D eigenvalue weighted by Crippen LogP contribution is -2.13. The van der Waals surface area contributed by atoms with Gasteiger partial charge in [-0.3, -0.25) is 0 Å². The summed E-state index contributed by atoms with van der Waals surface area (Å²) in [4.78, 5) is 0. The van der Waals surface area contributed by atoms with E-state index in [1.54, 1.807) is 18.2 Å². The standard InChI is InChI=1S/C24H26F2O.H2/c1-3-15-5-7-16(8-6-15)17-9-10-18-19-13-14-22(27-4-2)24(26)21(19)12-11-20(18)23(17)25;/h9-16H,3-8H2,1-2H3;1H. The second-order valence-corrected chi connectivity index (χ2v) is 7.66. The average Bonchev–Trinajstić information content (AvgIpc) is 2.70. The van der Waals surface area contributed by atoms with Crippen molar-refractivity contribution in [3.05, 3.63) is 53.6 Å². The molecule has 1 fully saturated rings. The maximum atomic E-state index is 15.3. The van der Waals surface area contributed by atoms with Gasteiger partial charge >= 0.3 is 0 Å². The average molecular weight is 370 g/mol. The predicted octanol–water partition coefficient (Wildman–Crippen LogP) is 7.60. The first kappa shape index (κ1) is 18.2. The molecule has 0 amide bonds. The van der Waals surface area contributed by atoms with Crippen LogP contribution < -0.4 is 4.74 Å². The molecular weight excluding hydrogens is 342 g/mol. The molecule has 3 aromatic rings. The summed E-state index contributed by atoms with van der Waals surface area (Å²) in [6.07, 6.45) is 5.69. The molecule has 0 heterocycles. The van der Waals surface area contributed by atoms with E-state index in [0.29, 0.717) is 23.3 Å². The van der Waals surface area contributed by atoms with Crippen molar-refractivity contribution in [3.8, 4) is 5.75 Å². The molecule has 1 aliphatic carbocycles. The van der Waals surface area contributed by atoms with Gasteiger partial charge in [0.1, 0.15) is 5.82 Å². The molecule has 0 spiro atoms. The summed E-state index contributed by atoms with van der Waals surface area (Å²) in [6.45, 7) is 4.48. The fraction of sp³-hybridized carbons (Fsp3) is 0.417. The Morgan fingerprint density at radius 1 is 0.815 bits per heavy atom.